The van der Waals surface area contributed by atoms with Crippen molar-refractivity contribution in [1.29, 1.82) is 0 Å². The van der Waals surface area contributed by atoms with Crippen LogP contribution in [-0.4, -0.2) is 12.4 Å². The van der Waals surface area contributed by atoms with Gasteiger partial charge in [0, 0.05) is 11.1 Å². The molecule has 0 saturated heterocycles. The number of aryl methyl sites for hydroxylation is 2. The fourth-order valence-corrected chi connectivity index (χ4v) is 4.67. The summed E-state index contributed by atoms with van der Waals surface area (Å²) >= 11 is 0. The molecule has 2 aromatic carbocycles. The maximum atomic E-state index is 13.2. The van der Waals surface area contributed by atoms with Crippen LogP contribution in [0.1, 0.15) is 22.4 Å². The molecular weight excluding hydrogens is 318 g/mol. The van der Waals surface area contributed by atoms with Crippen LogP contribution < -0.4 is 0 Å². The van der Waals surface area contributed by atoms with E-state index < -0.39 is 10.0 Å². The smallest absolute Gasteiger partial charge is 0.238 e. The van der Waals surface area contributed by atoms with Gasteiger partial charge in [0.2, 0.25) is 0 Å². The fraction of sp³-hybridized carbons (Fsp3) is 0.200. The highest BCUT2D eigenvalue weighted by atomic mass is 32.2. The second-order valence-corrected chi connectivity index (χ2v) is 7.95. The van der Waals surface area contributed by atoms with Gasteiger partial charge in [-0.2, -0.15) is 0 Å². The Morgan fingerprint density at radius 2 is 1.62 bits per heavy atom. The van der Waals surface area contributed by atoms with Crippen molar-refractivity contribution in [2.45, 2.75) is 32.1 Å². The third-order valence-corrected chi connectivity index (χ3v) is 6.16. The van der Waals surface area contributed by atoms with Gasteiger partial charge in [0.25, 0.3) is 10.0 Å². The van der Waals surface area contributed by atoms with E-state index in [9.17, 15) is 8.42 Å². The molecule has 0 radical (unpaired) electrons. The molecule has 0 aliphatic carbocycles. The standard InChI is InChI=1S/C20H21NO2S/c1-5-6-18-16(4)21(20-12-9-15(3)13-19(18)20)24(22,23)17-10-7-14(2)8-11-17/h5,7-13H,1,6H2,2-4H3. The summed E-state index contributed by atoms with van der Waals surface area (Å²) in [7, 11) is -3.64. The van der Waals surface area contributed by atoms with Crippen LogP contribution >= 0.6 is 0 Å². The molecule has 0 spiro atoms. The number of nitrogens with zero attached hydrogens (tertiary/aromatic N) is 1. The highest BCUT2D eigenvalue weighted by Crippen LogP contribution is 2.31. The molecule has 0 saturated carbocycles. The molecule has 0 N–H and O–H groups in total. The molecule has 124 valence electrons. The van der Waals surface area contributed by atoms with Crippen LogP contribution in [0.25, 0.3) is 10.9 Å². The van der Waals surface area contributed by atoms with Gasteiger partial charge in [0.1, 0.15) is 0 Å². The first-order valence-corrected chi connectivity index (χ1v) is 9.34. The number of rotatable bonds is 4. The van der Waals surface area contributed by atoms with Gasteiger partial charge in [0.15, 0.2) is 0 Å². The Kier molecular flexibility index (Phi) is 4.10. The summed E-state index contributed by atoms with van der Waals surface area (Å²) < 4.78 is 27.9. The number of fused-ring (bicyclic) bond motifs is 1. The van der Waals surface area contributed by atoms with Crippen molar-refractivity contribution in [1.82, 2.24) is 3.97 Å². The molecule has 0 aliphatic rings. The van der Waals surface area contributed by atoms with Crippen molar-refractivity contribution in [2.24, 2.45) is 0 Å². The van der Waals surface area contributed by atoms with Gasteiger partial charge in [-0.25, -0.2) is 12.4 Å². The lowest BCUT2D eigenvalue weighted by Gasteiger charge is -2.10. The van der Waals surface area contributed by atoms with Crippen molar-refractivity contribution in [2.75, 3.05) is 0 Å². The normalized spacial score (nSPS) is 11.8. The molecule has 0 fully saturated rings. The van der Waals surface area contributed by atoms with E-state index in [1.54, 1.807) is 12.1 Å². The third-order valence-electron chi connectivity index (χ3n) is 4.35. The van der Waals surface area contributed by atoms with E-state index in [1.165, 1.54) is 3.97 Å². The van der Waals surface area contributed by atoms with Gasteiger partial charge < -0.3 is 0 Å². The van der Waals surface area contributed by atoms with Gasteiger partial charge >= 0.3 is 0 Å². The maximum Gasteiger partial charge on any atom is 0.268 e. The molecule has 3 aromatic rings. The van der Waals surface area contributed by atoms with Crippen LogP contribution in [0.5, 0.6) is 0 Å². The molecule has 4 heteroatoms. The minimum Gasteiger partial charge on any atom is -0.238 e. The zero-order chi connectivity index (χ0) is 17.5. The van der Waals surface area contributed by atoms with E-state index in [-0.39, 0.29) is 0 Å². The highest BCUT2D eigenvalue weighted by Gasteiger charge is 2.24. The van der Waals surface area contributed by atoms with E-state index in [1.807, 2.05) is 57.2 Å². The van der Waals surface area contributed by atoms with E-state index >= 15 is 0 Å². The second-order valence-electron chi connectivity index (χ2n) is 6.16. The lowest BCUT2D eigenvalue weighted by Crippen LogP contribution is -2.14. The van der Waals surface area contributed by atoms with Gasteiger partial charge in [-0.1, -0.05) is 35.4 Å². The zero-order valence-corrected chi connectivity index (χ0v) is 15.0. The van der Waals surface area contributed by atoms with E-state index in [0.29, 0.717) is 11.3 Å². The first-order chi connectivity index (χ1) is 11.4. The predicted octanol–water partition coefficient (Wildman–Crippen LogP) is 4.53. The Labute approximate surface area is 143 Å². The molecule has 0 bridgehead atoms. The highest BCUT2D eigenvalue weighted by molar-refractivity contribution is 7.90. The summed E-state index contributed by atoms with van der Waals surface area (Å²) in [5.74, 6) is 0. The minimum atomic E-state index is -3.64. The molecule has 3 nitrogen and oxygen atoms in total. The van der Waals surface area contributed by atoms with E-state index in [0.717, 1.165) is 33.3 Å². The molecule has 1 heterocycles. The van der Waals surface area contributed by atoms with Crippen molar-refractivity contribution in [3.63, 3.8) is 0 Å². The SMILES string of the molecule is C=CCc1c(C)n(S(=O)(=O)c2ccc(C)cc2)c2ccc(C)cc12. The van der Waals surface area contributed by atoms with E-state index in [2.05, 4.69) is 6.58 Å². The van der Waals surface area contributed by atoms with Crippen LogP contribution in [0, 0.1) is 20.8 Å². The van der Waals surface area contributed by atoms with Gasteiger partial charge in [-0.3, -0.25) is 0 Å². The van der Waals surface area contributed by atoms with Crippen LogP contribution in [0.4, 0.5) is 0 Å². The van der Waals surface area contributed by atoms with Gasteiger partial charge in [-0.05, 0) is 57.0 Å². The van der Waals surface area contributed by atoms with E-state index in [4.69, 9.17) is 0 Å². The summed E-state index contributed by atoms with van der Waals surface area (Å²) in [5, 5.41) is 0.975. The molecule has 24 heavy (non-hydrogen) atoms. The number of hydrogen-bond acceptors (Lipinski definition) is 2. The Morgan fingerprint density at radius 1 is 1.00 bits per heavy atom. The average molecular weight is 339 g/mol. The molecule has 0 unspecified atom stereocenters. The first-order valence-electron chi connectivity index (χ1n) is 7.90. The maximum absolute atomic E-state index is 13.2. The fourth-order valence-electron chi connectivity index (χ4n) is 3.09. The lowest BCUT2D eigenvalue weighted by molar-refractivity contribution is 0.588. The van der Waals surface area contributed by atoms with Crippen LogP contribution in [0.2, 0.25) is 0 Å². The zero-order valence-electron chi connectivity index (χ0n) is 14.2. The number of benzene rings is 2. The average Bonchev–Trinajstić information content (AvgIpc) is 2.81. The Hall–Kier alpha value is -2.33. The number of allylic oxidation sites excluding steroid dienone is 1. The van der Waals surface area contributed by atoms with Crippen molar-refractivity contribution in [3.8, 4) is 0 Å². The first kappa shape index (κ1) is 16.5. The predicted molar refractivity (Wildman–Crippen MR) is 99.1 cm³/mol. The molecule has 3 rings (SSSR count). The molecule has 0 aliphatic heterocycles. The molecular formula is C20H21NO2S. The van der Waals surface area contributed by atoms with Crippen LogP contribution in [-0.2, 0) is 16.4 Å². The molecule has 0 atom stereocenters. The Morgan fingerprint density at radius 3 is 2.25 bits per heavy atom. The Balaban J connectivity index is 2.35. The lowest BCUT2D eigenvalue weighted by atomic mass is 10.1. The van der Waals surface area contributed by atoms with Gasteiger partial charge in [-0.15, -0.1) is 6.58 Å². The number of aromatic nitrogens is 1. The van der Waals surface area contributed by atoms with Crippen molar-refractivity contribution < 1.29 is 8.42 Å². The quantitative estimate of drug-likeness (QED) is 0.655. The van der Waals surface area contributed by atoms with Gasteiger partial charge in [0.05, 0.1) is 10.4 Å². The van der Waals surface area contributed by atoms with Crippen molar-refractivity contribution >= 4 is 20.9 Å². The second kappa shape index (κ2) is 5.95. The summed E-state index contributed by atoms with van der Waals surface area (Å²) in [6, 6.07) is 12.8. The van der Waals surface area contributed by atoms with Crippen LogP contribution in [0.3, 0.4) is 0 Å². The number of hydrogen-bond donors (Lipinski definition) is 0. The largest absolute Gasteiger partial charge is 0.268 e. The summed E-state index contributed by atoms with van der Waals surface area (Å²) in [6.45, 7) is 9.62. The Bertz CT molecular complexity index is 1030. The minimum absolute atomic E-state index is 0.304. The summed E-state index contributed by atoms with van der Waals surface area (Å²) in [4.78, 5) is 0.304. The summed E-state index contributed by atoms with van der Waals surface area (Å²) in [5.41, 5.74) is 4.62. The monoisotopic (exact) mass is 339 g/mol. The topological polar surface area (TPSA) is 39.1 Å². The third kappa shape index (κ3) is 2.57. The summed E-state index contributed by atoms with van der Waals surface area (Å²) in [6.07, 6.45) is 2.45. The molecule has 0 amide bonds. The molecule has 1 aromatic heterocycles. The van der Waals surface area contributed by atoms with Crippen molar-refractivity contribution in [3.05, 3.63) is 77.5 Å². The van der Waals surface area contributed by atoms with Crippen LogP contribution in [0.15, 0.2) is 60.0 Å².